The van der Waals surface area contributed by atoms with E-state index in [1.165, 1.54) is 16.7 Å². The Morgan fingerprint density at radius 3 is 2.45 bits per heavy atom. The minimum Gasteiger partial charge on any atom is -0.345 e. The number of carbonyl (C=O) groups excluding carboxylic acids is 2. The van der Waals surface area contributed by atoms with Crippen molar-refractivity contribution in [2.45, 2.75) is 38.5 Å². The van der Waals surface area contributed by atoms with Gasteiger partial charge in [0.15, 0.2) is 0 Å². The number of nitrogens with one attached hydrogen (secondary N) is 1. The van der Waals surface area contributed by atoms with Crippen LogP contribution in [0.1, 0.15) is 37.9 Å². The van der Waals surface area contributed by atoms with Gasteiger partial charge in [0.2, 0.25) is 5.91 Å². The molecule has 0 aromatic heterocycles. The van der Waals surface area contributed by atoms with Crippen LogP contribution in [0.25, 0.3) is 0 Å². The average Bonchev–Trinajstić information content (AvgIpc) is 3.03. The number of hydrogen-bond donors (Lipinski definition) is 1. The molecule has 5 nitrogen and oxygen atoms in total. The molecule has 148 valence electrons. The standard InChI is InChI=1S/C23H23N3O2S/c1-4-17-10-12-19(13-11-17)26-22(28)16(3)29-23(26)20(14-24)21(27)25-15(2)18-8-6-5-7-9-18/h5-13,15-16H,4H2,1-3H3,(H,25,27)/b23-20-. The molecular weight excluding hydrogens is 382 g/mol. The van der Waals surface area contributed by atoms with E-state index in [1.54, 1.807) is 6.92 Å². The molecule has 0 saturated carbocycles. The predicted octanol–water partition coefficient (Wildman–Crippen LogP) is 4.33. The van der Waals surface area contributed by atoms with Crippen molar-refractivity contribution in [3.05, 3.63) is 76.3 Å². The lowest BCUT2D eigenvalue weighted by Gasteiger charge is -2.20. The highest BCUT2D eigenvalue weighted by atomic mass is 32.2. The number of benzene rings is 2. The molecule has 0 bridgehead atoms. The zero-order valence-electron chi connectivity index (χ0n) is 16.7. The van der Waals surface area contributed by atoms with Crippen molar-refractivity contribution in [3.63, 3.8) is 0 Å². The monoisotopic (exact) mass is 405 g/mol. The Morgan fingerprint density at radius 1 is 1.21 bits per heavy atom. The van der Waals surface area contributed by atoms with Crippen molar-refractivity contribution in [2.75, 3.05) is 4.90 Å². The summed E-state index contributed by atoms with van der Waals surface area (Å²) in [6, 6.07) is 18.9. The highest BCUT2D eigenvalue weighted by Gasteiger charge is 2.38. The number of rotatable bonds is 5. The maximum atomic E-state index is 12.9. The lowest BCUT2D eigenvalue weighted by atomic mass is 10.1. The number of amides is 2. The molecule has 29 heavy (non-hydrogen) atoms. The van der Waals surface area contributed by atoms with Crippen LogP contribution >= 0.6 is 11.8 Å². The first kappa shape index (κ1) is 20.7. The number of nitriles is 1. The first-order valence-electron chi connectivity index (χ1n) is 9.56. The third-order valence-electron chi connectivity index (χ3n) is 4.86. The van der Waals surface area contributed by atoms with Gasteiger partial charge in [0.05, 0.1) is 11.3 Å². The molecule has 6 heteroatoms. The topological polar surface area (TPSA) is 73.2 Å². The molecule has 1 heterocycles. The van der Waals surface area contributed by atoms with Gasteiger partial charge >= 0.3 is 0 Å². The van der Waals surface area contributed by atoms with Gasteiger partial charge in [-0.15, -0.1) is 0 Å². The van der Waals surface area contributed by atoms with Gasteiger partial charge in [0.25, 0.3) is 5.91 Å². The van der Waals surface area contributed by atoms with Gasteiger partial charge in [-0.3, -0.25) is 14.5 Å². The molecule has 1 aliphatic heterocycles. The van der Waals surface area contributed by atoms with Gasteiger partial charge in [-0.2, -0.15) is 5.26 Å². The molecule has 0 aliphatic carbocycles. The van der Waals surface area contributed by atoms with Crippen LogP contribution in [0.15, 0.2) is 65.2 Å². The maximum Gasteiger partial charge on any atom is 0.265 e. The quantitative estimate of drug-likeness (QED) is 0.594. The van der Waals surface area contributed by atoms with E-state index in [9.17, 15) is 14.9 Å². The minimum atomic E-state index is -0.483. The summed E-state index contributed by atoms with van der Waals surface area (Å²) in [5.74, 6) is -0.616. The first-order chi connectivity index (χ1) is 14.0. The van der Waals surface area contributed by atoms with E-state index in [1.807, 2.05) is 67.6 Å². The fraction of sp³-hybridized carbons (Fsp3) is 0.261. The normalized spacial score (nSPS) is 18.9. The van der Waals surface area contributed by atoms with Crippen LogP contribution in [0.5, 0.6) is 0 Å². The van der Waals surface area contributed by atoms with E-state index in [0.717, 1.165) is 17.5 Å². The van der Waals surface area contributed by atoms with E-state index in [4.69, 9.17) is 0 Å². The lowest BCUT2D eigenvalue weighted by molar-refractivity contribution is -0.117. The Bertz CT molecular complexity index is 977. The third-order valence-corrected chi connectivity index (χ3v) is 6.03. The average molecular weight is 406 g/mol. The fourth-order valence-electron chi connectivity index (χ4n) is 3.14. The summed E-state index contributed by atoms with van der Waals surface area (Å²) in [6.45, 7) is 5.71. The first-order valence-corrected chi connectivity index (χ1v) is 10.4. The van der Waals surface area contributed by atoms with Crippen molar-refractivity contribution in [2.24, 2.45) is 0 Å². The molecule has 1 aliphatic rings. The number of aryl methyl sites for hydroxylation is 1. The van der Waals surface area contributed by atoms with Gasteiger partial charge in [-0.25, -0.2) is 0 Å². The van der Waals surface area contributed by atoms with E-state index in [-0.39, 0.29) is 22.8 Å². The summed E-state index contributed by atoms with van der Waals surface area (Å²) in [4.78, 5) is 27.2. The van der Waals surface area contributed by atoms with Gasteiger partial charge in [-0.05, 0) is 43.5 Å². The van der Waals surface area contributed by atoms with Crippen LogP contribution in [-0.2, 0) is 16.0 Å². The van der Waals surface area contributed by atoms with Crippen LogP contribution < -0.4 is 10.2 Å². The lowest BCUT2D eigenvalue weighted by Crippen LogP contribution is -2.32. The Labute approximate surface area is 175 Å². The predicted molar refractivity (Wildman–Crippen MR) is 116 cm³/mol. The number of anilines is 1. The number of thioether (sulfide) groups is 1. The molecular formula is C23H23N3O2S. The smallest absolute Gasteiger partial charge is 0.265 e. The highest BCUT2D eigenvalue weighted by molar-refractivity contribution is 8.05. The fourth-order valence-corrected chi connectivity index (χ4v) is 4.24. The van der Waals surface area contributed by atoms with Gasteiger partial charge < -0.3 is 5.32 Å². The van der Waals surface area contributed by atoms with Gasteiger partial charge in [-0.1, -0.05) is 61.2 Å². The summed E-state index contributed by atoms with van der Waals surface area (Å²) in [5.41, 5.74) is 2.71. The van der Waals surface area contributed by atoms with Crippen LogP contribution in [0, 0.1) is 11.3 Å². The number of nitrogens with zero attached hydrogens (tertiary/aromatic N) is 2. The van der Waals surface area contributed by atoms with Crippen molar-refractivity contribution in [3.8, 4) is 6.07 Å². The van der Waals surface area contributed by atoms with Crippen LogP contribution in [0.3, 0.4) is 0 Å². The summed E-state index contributed by atoms with van der Waals surface area (Å²) in [7, 11) is 0. The molecule has 0 radical (unpaired) electrons. The Morgan fingerprint density at radius 2 is 1.86 bits per heavy atom. The molecule has 0 spiro atoms. The molecule has 1 fully saturated rings. The second kappa shape index (κ2) is 8.97. The SMILES string of the molecule is CCc1ccc(N2C(=O)C(C)S/C2=C(/C#N)C(=O)NC(C)c2ccccc2)cc1. The van der Waals surface area contributed by atoms with Crippen LogP contribution in [-0.4, -0.2) is 17.1 Å². The van der Waals surface area contributed by atoms with Gasteiger partial charge in [0.1, 0.15) is 16.7 Å². The van der Waals surface area contributed by atoms with Crippen molar-refractivity contribution < 1.29 is 9.59 Å². The highest BCUT2D eigenvalue weighted by Crippen LogP contribution is 2.40. The van der Waals surface area contributed by atoms with Crippen molar-refractivity contribution >= 4 is 29.3 Å². The second-order valence-corrected chi connectivity index (χ2v) is 8.18. The van der Waals surface area contributed by atoms with Crippen molar-refractivity contribution in [1.29, 1.82) is 5.26 Å². The molecule has 1 N–H and O–H groups in total. The third kappa shape index (κ3) is 4.36. The summed E-state index contributed by atoms with van der Waals surface area (Å²) < 4.78 is 0. The van der Waals surface area contributed by atoms with Crippen LogP contribution in [0.4, 0.5) is 5.69 Å². The van der Waals surface area contributed by atoms with Crippen molar-refractivity contribution in [1.82, 2.24) is 5.32 Å². The summed E-state index contributed by atoms with van der Waals surface area (Å²) in [5, 5.41) is 12.6. The zero-order chi connectivity index (χ0) is 21.0. The Balaban J connectivity index is 1.94. The van der Waals surface area contributed by atoms with E-state index in [2.05, 4.69) is 12.2 Å². The van der Waals surface area contributed by atoms with E-state index < -0.39 is 5.91 Å². The second-order valence-electron chi connectivity index (χ2n) is 6.85. The molecule has 2 amide bonds. The zero-order valence-corrected chi connectivity index (χ0v) is 17.5. The molecule has 2 aromatic rings. The largest absolute Gasteiger partial charge is 0.345 e. The number of hydrogen-bond acceptors (Lipinski definition) is 4. The molecule has 2 unspecified atom stereocenters. The molecule has 1 saturated heterocycles. The number of carbonyl (C=O) groups is 2. The molecule has 2 aromatic carbocycles. The Hall–Kier alpha value is -3.04. The van der Waals surface area contributed by atoms with E-state index in [0.29, 0.717) is 10.7 Å². The summed E-state index contributed by atoms with van der Waals surface area (Å²) in [6.07, 6.45) is 0.894. The van der Waals surface area contributed by atoms with Crippen LogP contribution in [0.2, 0.25) is 0 Å². The molecule has 2 atom stereocenters. The summed E-state index contributed by atoms with van der Waals surface area (Å²) >= 11 is 1.24. The minimum absolute atomic E-state index is 0.0463. The Kier molecular flexibility index (Phi) is 6.40. The molecule has 3 rings (SSSR count). The van der Waals surface area contributed by atoms with Gasteiger partial charge in [0, 0.05) is 5.69 Å². The van der Waals surface area contributed by atoms with E-state index >= 15 is 0 Å². The maximum absolute atomic E-state index is 12.9.